The van der Waals surface area contributed by atoms with Gasteiger partial charge in [0.1, 0.15) is 0 Å². The molecule has 0 aliphatic heterocycles. The lowest BCUT2D eigenvalue weighted by Gasteiger charge is -2.29. The van der Waals surface area contributed by atoms with Crippen LogP contribution in [0.3, 0.4) is 0 Å². The molecule has 1 aliphatic rings. The lowest BCUT2D eigenvalue weighted by Crippen LogP contribution is -2.54. The van der Waals surface area contributed by atoms with E-state index in [0.717, 1.165) is 29.7 Å². The van der Waals surface area contributed by atoms with E-state index in [2.05, 4.69) is 10.4 Å². The molecule has 29 heavy (non-hydrogen) atoms. The molecular formula is C19H22ClF3N4O2. The van der Waals surface area contributed by atoms with Gasteiger partial charge in [0.2, 0.25) is 5.43 Å². The Morgan fingerprint density at radius 1 is 1.31 bits per heavy atom. The summed E-state index contributed by atoms with van der Waals surface area (Å²) in [5.74, 6) is -0.455. The third-order valence-electron chi connectivity index (χ3n) is 5.04. The first kappa shape index (κ1) is 22.9. The lowest BCUT2D eigenvalue weighted by atomic mass is 9.96. The first-order chi connectivity index (χ1) is 13.0. The van der Waals surface area contributed by atoms with Crippen LogP contribution in [0.1, 0.15) is 41.5 Å². The number of halogens is 4. The van der Waals surface area contributed by atoms with Crippen molar-refractivity contribution in [2.75, 3.05) is 6.54 Å². The summed E-state index contributed by atoms with van der Waals surface area (Å²) in [4.78, 5) is 25.0. The fourth-order valence-corrected chi connectivity index (χ4v) is 3.14. The van der Waals surface area contributed by atoms with Gasteiger partial charge < -0.3 is 11.1 Å². The number of nitrogens with zero attached hydrogens (tertiary/aromatic N) is 2. The Morgan fingerprint density at radius 3 is 2.52 bits per heavy atom. The summed E-state index contributed by atoms with van der Waals surface area (Å²) in [6, 6.07) is 5.71. The monoisotopic (exact) mass is 430 g/mol. The molecular weight excluding hydrogens is 409 g/mol. The van der Waals surface area contributed by atoms with E-state index in [4.69, 9.17) is 5.73 Å². The van der Waals surface area contributed by atoms with E-state index in [1.807, 2.05) is 6.92 Å². The highest BCUT2D eigenvalue weighted by atomic mass is 35.5. The van der Waals surface area contributed by atoms with Gasteiger partial charge in [-0.05, 0) is 50.8 Å². The van der Waals surface area contributed by atoms with Crippen molar-refractivity contribution in [2.45, 2.75) is 38.4 Å². The van der Waals surface area contributed by atoms with Gasteiger partial charge in [0.25, 0.3) is 5.91 Å². The number of hydrogen-bond acceptors (Lipinski definition) is 4. The van der Waals surface area contributed by atoms with E-state index in [1.54, 1.807) is 0 Å². The summed E-state index contributed by atoms with van der Waals surface area (Å²) < 4.78 is 40.2. The Morgan fingerprint density at radius 2 is 1.97 bits per heavy atom. The average Bonchev–Trinajstić information content (AvgIpc) is 3.46. The van der Waals surface area contributed by atoms with Crippen molar-refractivity contribution in [3.05, 3.63) is 57.5 Å². The standard InChI is InChI=1S/C19H21F3N4O2.ClH/c1-11-8-15(27)16(17(28)24-18(2,10-23)12-6-7-12)25-26(11)14-5-3-4-13(9-14)19(20,21)22;/h3-5,8-9,12H,6-7,10,23H2,1-2H3,(H,24,28);1H. The normalized spacial score (nSPS) is 15.9. The van der Waals surface area contributed by atoms with Crippen molar-refractivity contribution in [2.24, 2.45) is 11.7 Å². The predicted octanol–water partition coefficient (Wildman–Crippen LogP) is 2.84. The minimum atomic E-state index is -4.52. The summed E-state index contributed by atoms with van der Waals surface area (Å²) in [5, 5.41) is 6.82. The number of nitrogens with one attached hydrogen (secondary N) is 1. The van der Waals surface area contributed by atoms with Crippen LogP contribution >= 0.6 is 12.4 Å². The van der Waals surface area contributed by atoms with Crippen LogP contribution in [0.15, 0.2) is 35.1 Å². The maximum Gasteiger partial charge on any atom is 0.416 e. The van der Waals surface area contributed by atoms with Crippen molar-refractivity contribution >= 4 is 18.3 Å². The van der Waals surface area contributed by atoms with E-state index in [0.29, 0.717) is 5.69 Å². The first-order valence-corrected chi connectivity index (χ1v) is 8.86. The van der Waals surface area contributed by atoms with Gasteiger partial charge in [0.05, 0.1) is 16.8 Å². The molecule has 1 heterocycles. The molecule has 1 amide bonds. The number of carbonyl (C=O) groups excluding carboxylic acids is 1. The maximum atomic E-state index is 13.0. The molecule has 0 saturated heterocycles. The van der Waals surface area contributed by atoms with Gasteiger partial charge in [-0.25, -0.2) is 4.68 Å². The summed E-state index contributed by atoms with van der Waals surface area (Å²) in [6.45, 7) is 3.55. The van der Waals surface area contributed by atoms with Crippen molar-refractivity contribution in [1.29, 1.82) is 0 Å². The van der Waals surface area contributed by atoms with Crippen molar-refractivity contribution < 1.29 is 18.0 Å². The summed E-state index contributed by atoms with van der Waals surface area (Å²) in [5.41, 5.74) is 3.71. The van der Waals surface area contributed by atoms with Crippen LogP contribution in [0.25, 0.3) is 5.69 Å². The molecule has 10 heteroatoms. The zero-order valence-corrected chi connectivity index (χ0v) is 16.7. The van der Waals surface area contributed by atoms with Crippen molar-refractivity contribution in [3.8, 4) is 5.69 Å². The van der Waals surface area contributed by atoms with E-state index in [1.165, 1.54) is 25.1 Å². The Bertz CT molecular complexity index is 973. The number of carbonyl (C=O) groups is 1. The highest BCUT2D eigenvalue weighted by molar-refractivity contribution is 5.92. The number of aryl methyl sites for hydroxylation is 1. The van der Waals surface area contributed by atoms with E-state index in [-0.39, 0.29) is 36.3 Å². The molecule has 158 valence electrons. The number of aromatic nitrogens is 2. The van der Waals surface area contributed by atoms with Gasteiger partial charge in [-0.15, -0.1) is 12.4 Å². The minimum Gasteiger partial charge on any atom is -0.344 e. The number of hydrogen-bond donors (Lipinski definition) is 2. The summed E-state index contributed by atoms with van der Waals surface area (Å²) in [6.07, 6.45) is -2.65. The number of benzene rings is 1. The second-order valence-electron chi connectivity index (χ2n) is 7.31. The SMILES string of the molecule is Cc1cc(=O)c(C(=O)NC(C)(CN)C2CC2)nn1-c1cccc(C(F)(F)F)c1.Cl. The molecule has 2 aromatic rings. The molecule has 3 N–H and O–H groups in total. The van der Waals surface area contributed by atoms with E-state index >= 15 is 0 Å². The molecule has 1 unspecified atom stereocenters. The Labute approximate surface area is 171 Å². The van der Waals surface area contributed by atoms with Crippen LogP contribution in [0.2, 0.25) is 0 Å². The van der Waals surface area contributed by atoms with Crippen LogP contribution in [0.4, 0.5) is 13.2 Å². The van der Waals surface area contributed by atoms with Gasteiger partial charge in [0.15, 0.2) is 5.69 Å². The van der Waals surface area contributed by atoms with Crippen molar-refractivity contribution in [1.82, 2.24) is 15.1 Å². The molecule has 1 aromatic heterocycles. The summed E-state index contributed by atoms with van der Waals surface area (Å²) >= 11 is 0. The van der Waals surface area contributed by atoms with E-state index < -0.39 is 28.6 Å². The van der Waals surface area contributed by atoms with Crippen LogP contribution in [-0.2, 0) is 6.18 Å². The predicted molar refractivity (Wildman–Crippen MR) is 104 cm³/mol. The number of amides is 1. The quantitative estimate of drug-likeness (QED) is 0.763. The number of nitrogens with two attached hydrogens (primary N) is 1. The van der Waals surface area contributed by atoms with E-state index in [9.17, 15) is 22.8 Å². The first-order valence-electron chi connectivity index (χ1n) is 8.86. The average molecular weight is 431 g/mol. The molecule has 1 aromatic carbocycles. The highest BCUT2D eigenvalue weighted by Crippen LogP contribution is 2.39. The Hall–Kier alpha value is -2.39. The Balaban J connectivity index is 0.00000300. The zero-order chi connectivity index (χ0) is 20.7. The molecule has 0 radical (unpaired) electrons. The molecule has 1 atom stereocenters. The fourth-order valence-electron chi connectivity index (χ4n) is 3.14. The van der Waals surface area contributed by atoms with Gasteiger partial charge in [-0.1, -0.05) is 6.07 Å². The molecule has 6 nitrogen and oxygen atoms in total. The van der Waals surface area contributed by atoms with Gasteiger partial charge in [-0.2, -0.15) is 18.3 Å². The van der Waals surface area contributed by atoms with Gasteiger partial charge in [0, 0.05) is 18.3 Å². The third-order valence-corrected chi connectivity index (χ3v) is 5.04. The minimum absolute atomic E-state index is 0. The summed E-state index contributed by atoms with van der Waals surface area (Å²) in [7, 11) is 0. The third kappa shape index (κ3) is 4.79. The van der Waals surface area contributed by atoms with Gasteiger partial charge in [-0.3, -0.25) is 9.59 Å². The van der Waals surface area contributed by atoms with Gasteiger partial charge >= 0.3 is 6.18 Å². The van der Waals surface area contributed by atoms with Crippen LogP contribution < -0.4 is 16.5 Å². The smallest absolute Gasteiger partial charge is 0.344 e. The molecule has 0 spiro atoms. The molecule has 1 fully saturated rings. The molecule has 1 saturated carbocycles. The maximum absolute atomic E-state index is 13.0. The second-order valence-corrected chi connectivity index (χ2v) is 7.31. The van der Waals surface area contributed by atoms with Crippen LogP contribution in [0.5, 0.6) is 0 Å². The number of rotatable bonds is 5. The number of alkyl halides is 3. The fraction of sp³-hybridized carbons (Fsp3) is 0.421. The highest BCUT2D eigenvalue weighted by Gasteiger charge is 2.42. The topological polar surface area (TPSA) is 90.0 Å². The largest absolute Gasteiger partial charge is 0.416 e. The molecule has 0 bridgehead atoms. The zero-order valence-electron chi connectivity index (χ0n) is 15.9. The van der Waals surface area contributed by atoms with Crippen LogP contribution in [0, 0.1) is 12.8 Å². The van der Waals surface area contributed by atoms with Crippen LogP contribution in [-0.4, -0.2) is 27.8 Å². The lowest BCUT2D eigenvalue weighted by molar-refractivity contribution is -0.137. The van der Waals surface area contributed by atoms with Crippen molar-refractivity contribution in [3.63, 3.8) is 0 Å². The molecule has 1 aliphatic carbocycles. The Kier molecular flexibility index (Phi) is 6.44. The second kappa shape index (κ2) is 8.16. The molecule has 3 rings (SSSR count).